The van der Waals surface area contributed by atoms with Crippen molar-refractivity contribution >= 4 is 5.82 Å². The van der Waals surface area contributed by atoms with E-state index in [1.54, 1.807) is 6.20 Å². The third-order valence-electron chi connectivity index (χ3n) is 2.54. The van der Waals surface area contributed by atoms with Crippen LogP contribution < -0.4 is 10.6 Å². The second kappa shape index (κ2) is 3.20. The number of nitrogens with zero attached hydrogens (tertiary/aromatic N) is 3. The molecule has 4 nitrogen and oxygen atoms in total. The number of hydrogen-bond donors (Lipinski definition) is 1. The fraction of sp³-hybridized carbons (Fsp3) is 0.600. The second-order valence-electron chi connectivity index (χ2n) is 4.60. The van der Waals surface area contributed by atoms with E-state index in [0.29, 0.717) is 12.0 Å². The van der Waals surface area contributed by atoms with E-state index in [1.807, 2.05) is 6.07 Å². The van der Waals surface area contributed by atoms with E-state index in [9.17, 15) is 0 Å². The largest absolute Gasteiger partial charge is 0.354 e. The molecule has 14 heavy (non-hydrogen) atoms. The molecule has 0 amide bonds. The smallest absolute Gasteiger partial charge is 0.155 e. The Balaban J connectivity index is 2.18. The van der Waals surface area contributed by atoms with Gasteiger partial charge in [0.2, 0.25) is 0 Å². The fourth-order valence-corrected chi connectivity index (χ4v) is 1.91. The molecule has 1 aromatic rings. The van der Waals surface area contributed by atoms with Gasteiger partial charge in [-0.05, 0) is 11.5 Å². The molecule has 4 heteroatoms. The second-order valence-corrected chi connectivity index (χ2v) is 4.60. The summed E-state index contributed by atoms with van der Waals surface area (Å²) in [5, 5.41) is 8.03. The highest BCUT2D eigenvalue weighted by atomic mass is 15.3. The number of anilines is 1. The van der Waals surface area contributed by atoms with E-state index in [2.05, 4.69) is 28.9 Å². The lowest BCUT2D eigenvalue weighted by Crippen LogP contribution is -2.53. The molecule has 1 aliphatic rings. The molecule has 2 heterocycles. The van der Waals surface area contributed by atoms with Crippen LogP contribution >= 0.6 is 0 Å². The summed E-state index contributed by atoms with van der Waals surface area (Å²) >= 11 is 0. The lowest BCUT2D eigenvalue weighted by Gasteiger charge is -2.46. The van der Waals surface area contributed by atoms with Crippen LogP contribution in [0.3, 0.4) is 0 Å². The Morgan fingerprint density at radius 2 is 2.21 bits per heavy atom. The van der Waals surface area contributed by atoms with Crippen LogP contribution in [0.5, 0.6) is 0 Å². The normalized spacial score (nSPS) is 19.2. The lowest BCUT2D eigenvalue weighted by molar-refractivity contribution is 0.273. The van der Waals surface area contributed by atoms with Crippen LogP contribution in [0.25, 0.3) is 0 Å². The summed E-state index contributed by atoms with van der Waals surface area (Å²) in [7, 11) is 0. The van der Waals surface area contributed by atoms with Crippen LogP contribution in [0.15, 0.2) is 12.3 Å². The molecule has 0 unspecified atom stereocenters. The quantitative estimate of drug-likeness (QED) is 0.752. The highest BCUT2D eigenvalue weighted by Crippen LogP contribution is 2.33. The van der Waals surface area contributed by atoms with E-state index in [1.165, 1.54) is 0 Å². The van der Waals surface area contributed by atoms with Crippen molar-refractivity contribution in [2.45, 2.75) is 20.4 Å². The molecule has 0 radical (unpaired) electrons. The van der Waals surface area contributed by atoms with Gasteiger partial charge in [-0.15, -0.1) is 5.10 Å². The van der Waals surface area contributed by atoms with Gasteiger partial charge in [0, 0.05) is 25.2 Å². The van der Waals surface area contributed by atoms with Crippen LogP contribution in [0.4, 0.5) is 5.82 Å². The van der Waals surface area contributed by atoms with Gasteiger partial charge >= 0.3 is 0 Å². The van der Waals surface area contributed by atoms with Crippen molar-refractivity contribution in [1.29, 1.82) is 0 Å². The van der Waals surface area contributed by atoms with Gasteiger partial charge in [-0.1, -0.05) is 13.8 Å². The summed E-state index contributed by atoms with van der Waals surface area (Å²) in [6, 6.07) is 1.94. The van der Waals surface area contributed by atoms with E-state index < -0.39 is 0 Å². The minimum Gasteiger partial charge on any atom is -0.354 e. The molecule has 0 aliphatic carbocycles. The number of rotatable bonds is 2. The van der Waals surface area contributed by atoms with Crippen LogP contribution in [0.2, 0.25) is 0 Å². The van der Waals surface area contributed by atoms with Crippen LogP contribution in [0, 0.1) is 5.41 Å². The number of aromatic nitrogens is 2. The van der Waals surface area contributed by atoms with E-state index in [-0.39, 0.29) is 0 Å². The standard InChI is InChI=1S/C10H16N4/c1-10(2)6-14(7-10)9-8(5-11)3-4-12-13-9/h3-4H,5-7,11H2,1-2H3. The monoisotopic (exact) mass is 192 g/mol. The maximum absolute atomic E-state index is 5.64. The molecular formula is C10H16N4. The Bertz CT molecular complexity index is 327. The predicted octanol–water partition coefficient (Wildman–Crippen LogP) is 0.781. The van der Waals surface area contributed by atoms with Gasteiger partial charge in [0.05, 0.1) is 6.20 Å². The summed E-state index contributed by atoms with van der Waals surface area (Å²) in [5.74, 6) is 0.953. The zero-order chi connectivity index (χ0) is 10.2. The van der Waals surface area contributed by atoms with Crippen molar-refractivity contribution < 1.29 is 0 Å². The van der Waals surface area contributed by atoms with Gasteiger partial charge in [0.25, 0.3) is 0 Å². The zero-order valence-corrected chi connectivity index (χ0v) is 8.70. The Morgan fingerprint density at radius 1 is 1.50 bits per heavy atom. The SMILES string of the molecule is CC1(C)CN(c2nnccc2CN)C1. The van der Waals surface area contributed by atoms with Crippen molar-refractivity contribution in [3.8, 4) is 0 Å². The molecule has 0 aromatic carbocycles. The van der Waals surface area contributed by atoms with Crippen molar-refractivity contribution in [1.82, 2.24) is 10.2 Å². The molecule has 0 saturated carbocycles. The average molecular weight is 192 g/mol. The van der Waals surface area contributed by atoms with Crippen molar-refractivity contribution in [2.24, 2.45) is 11.1 Å². The molecule has 1 fully saturated rings. The summed E-state index contributed by atoms with van der Waals surface area (Å²) in [4.78, 5) is 2.23. The average Bonchev–Trinajstić information content (AvgIpc) is 2.14. The molecule has 1 saturated heterocycles. The fourth-order valence-electron chi connectivity index (χ4n) is 1.91. The van der Waals surface area contributed by atoms with Gasteiger partial charge in [-0.25, -0.2) is 0 Å². The molecule has 0 bridgehead atoms. The van der Waals surface area contributed by atoms with Crippen LogP contribution in [-0.2, 0) is 6.54 Å². The summed E-state index contributed by atoms with van der Waals surface area (Å²) in [6.45, 7) is 7.11. The summed E-state index contributed by atoms with van der Waals surface area (Å²) in [6.07, 6.45) is 1.69. The highest BCUT2D eigenvalue weighted by Gasteiger charge is 2.35. The van der Waals surface area contributed by atoms with Crippen molar-refractivity contribution in [3.05, 3.63) is 17.8 Å². The molecule has 2 rings (SSSR count). The van der Waals surface area contributed by atoms with Gasteiger partial charge in [-0.2, -0.15) is 5.10 Å². The highest BCUT2D eigenvalue weighted by molar-refractivity contribution is 5.48. The molecule has 2 N–H and O–H groups in total. The molecule has 0 spiro atoms. The lowest BCUT2D eigenvalue weighted by atomic mass is 9.84. The third-order valence-corrected chi connectivity index (χ3v) is 2.54. The third kappa shape index (κ3) is 1.57. The first kappa shape index (κ1) is 9.40. The van der Waals surface area contributed by atoms with Gasteiger partial charge in [-0.3, -0.25) is 0 Å². The number of hydrogen-bond acceptors (Lipinski definition) is 4. The van der Waals surface area contributed by atoms with Gasteiger partial charge < -0.3 is 10.6 Å². The maximum atomic E-state index is 5.64. The Hall–Kier alpha value is -1.16. The first-order valence-electron chi connectivity index (χ1n) is 4.88. The first-order valence-corrected chi connectivity index (χ1v) is 4.88. The topological polar surface area (TPSA) is 55.0 Å². The van der Waals surface area contributed by atoms with Crippen molar-refractivity contribution in [3.63, 3.8) is 0 Å². The maximum Gasteiger partial charge on any atom is 0.155 e. The molecule has 1 aromatic heterocycles. The van der Waals surface area contributed by atoms with Crippen molar-refractivity contribution in [2.75, 3.05) is 18.0 Å². The summed E-state index contributed by atoms with van der Waals surface area (Å²) < 4.78 is 0. The van der Waals surface area contributed by atoms with E-state index in [0.717, 1.165) is 24.5 Å². The predicted molar refractivity (Wildman–Crippen MR) is 55.9 cm³/mol. The minimum absolute atomic E-state index is 0.406. The van der Waals surface area contributed by atoms with E-state index >= 15 is 0 Å². The van der Waals surface area contributed by atoms with Crippen LogP contribution in [0.1, 0.15) is 19.4 Å². The molecule has 1 aliphatic heterocycles. The molecular weight excluding hydrogens is 176 g/mol. The van der Waals surface area contributed by atoms with Gasteiger partial charge in [0.1, 0.15) is 0 Å². The van der Waals surface area contributed by atoms with Gasteiger partial charge in [0.15, 0.2) is 5.82 Å². The first-order chi connectivity index (χ1) is 6.62. The zero-order valence-electron chi connectivity index (χ0n) is 8.70. The Kier molecular flexibility index (Phi) is 2.15. The Labute approximate surface area is 84.1 Å². The molecule has 0 atom stereocenters. The summed E-state index contributed by atoms with van der Waals surface area (Å²) in [5.41, 5.74) is 7.13. The van der Waals surface area contributed by atoms with Crippen LogP contribution in [-0.4, -0.2) is 23.3 Å². The van der Waals surface area contributed by atoms with E-state index in [4.69, 9.17) is 5.73 Å². The minimum atomic E-state index is 0.406. The Morgan fingerprint density at radius 3 is 2.79 bits per heavy atom. The number of nitrogens with two attached hydrogens (primary N) is 1. The molecule has 76 valence electrons.